The number of nitrogens with two attached hydrogens (primary N) is 1. The van der Waals surface area contributed by atoms with Gasteiger partial charge >= 0.3 is 0 Å². The van der Waals surface area contributed by atoms with Gasteiger partial charge in [-0.2, -0.15) is 5.10 Å². The Morgan fingerprint density at radius 1 is 1.59 bits per heavy atom. The molecule has 0 fully saturated rings. The van der Waals surface area contributed by atoms with E-state index in [-0.39, 0.29) is 6.04 Å². The zero-order valence-electron chi connectivity index (χ0n) is 9.43. The number of thiazole rings is 1. The molecule has 0 aromatic carbocycles. The molecule has 92 valence electrons. The standard InChI is InChI=1S/C10H14ClN5S/c1-2-3-16-10(7(11)4-14-16)9(15-12)8-5-13-6-17-8/h4-6,9,15H,2-3,12H2,1H3. The molecule has 2 aromatic rings. The van der Waals surface area contributed by atoms with Gasteiger partial charge in [0, 0.05) is 17.6 Å². The van der Waals surface area contributed by atoms with Crippen LogP contribution in [0.3, 0.4) is 0 Å². The van der Waals surface area contributed by atoms with Crippen molar-refractivity contribution < 1.29 is 0 Å². The van der Waals surface area contributed by atoms with Gasteiger partial charge in [-0.25, -0.2) is 5.43 Å². The third-order valence-corrected chi connectivity index (χ3v) is 3.58. The summed E-state index contributed by atoms with van der Waals surface area (Å²) in [5.41, 5.74) is 5.43. The monoisotopic (exact) mass is 271 g/mol. The Labute approximate surface area is 109 Å². The molecule has 0 radical (unpaired) electrons. The summed E-state index contributed by atoms with van der Waals surface area (Å²) in [6.45, 7) is 2.91. The Morgan fingerprint density at radius 2 is 2.41 bits per heavy atom. The summed E-state index contributed by atoms with van der Waals surface area (Å²) in [7, 11) is 0. The Balaban J connectivity index is 2.39. The van der Waals surface area contributed by atoms with Gasteiger partial charge in [0.05, 0.1) is 22.4 Å². The normalized spacial score (nSPS) is 12.9. The number of aryl methyl sites for hydroxylation is 1. The van der Waals surface area contributed by atoms with Crippen molar-refractivity contribution in [2.24, 2.45) is 5.84 Å². The van der Waals surface area contributed by atoms with Crippen LogP contribution in [0.1, 0.15) is 30.0 Å². The van der Waals surface area contributed by atoms with Gasteiger partial charge in [0.15, 0.2) is 0 Å². The molecule has 0 aliphatic rings. The van der Waals surface area contributed by atoms with E-state index < -0.39 is 0 Å². The third kappa shape index (κ3) is 2.50. The van der Waals surface area contributed by atoms with Crippen molar-refractivity contribution >= 4 is 22.9 Å². The Hall–Kier alpha value is -0.950. The lowest BCUT2D eigenvalue weighted by Gasteiger charge is -2.16. The minimum Gasteiger partial charge on any atom is -0.270 e. The maximum Gasteiger partial charge on any atom is 0.100 e. The first-order valence-electron chi connectivity index (χ1n) is 5.33. The van der Waals surface area contributed by atoms with E-state index >= 15 is 0 Å². The summed E-state index contributed by atoms with van der Waals surface area (Å²) in [6, 6.07) is -0.163. The van der Waals surface area contributed by atoms with Crippen LogP contribution in [-0.4, -0.2) is 14.8 Å². The highest BCUT2D eigenvalue weighted by molar-refractivity contribution is 7.09. The van der Waals surface area contributed by atoms with Crippen molar-refractivity contribution in [3.05, 3.63) is 33.5 Å². The number of nitrogens with one attached hydrogen (secondary N) is 1. The second kappa shape index (κ2) is 5.59. The molecule has 5 nitrogen and oxygen atoms in total. The van der Waals surface area contributed by atoms with Gasteiger partial charge in [-0.1, -0.05) is 18.5 Å². The topological polar surface area (TPSA) is 68.8 Å². The number of hydrogen-bond donors (Lipinski definition) is 2. The molecule has 2 aromatic heterocycles. The van der Waals surface area contributed by atoms with Crippen LogP contribution in [0.15, 0.2) is 17.9 Å². The van der Waals surface area contributed by atoms with Crippen molar-refractivity contribution in [3.63, 3.8) is 0 Å². The Morgan fingerprint density at radius 3 is 3.00 bits per heavy atom. The van der Waals surface area contributed by atoms with Crippen LogP contribution in [0.4, 0.5) is 0 Å². The Kier molecular flexibility index (Phi) is 4.11. The van der Waals surface area contributed by atoms with Gasteiger partial charge in [-0.3, -0.25) is 15.5 Å². The van der Waals surface area contributed by atoms with E-state index in [9.17, 15) is 0 Å². The average Bonchev–Trinajstić information content (AvgIpc) is 2.94. The molecule has 0 amide bonds. The van der Waals surface area contributed by atoms with Crippen molar-refractivity contribution in [3.8, 4) is 0 Å². The zero-order chi connectivity index (χ0) is 12.3. The smallest absolute Gasteiger partial charge is 0.100 e. The highest BCUT2D eigenvalue weighted by atomic mass is 35.5. The number of hydrazine groups is 1. The predicted molar refractivity (Wildman–Crippen MR) is 68.8 cm³/mol. The van der Waals surface area contributed by atoms with E-state index in [2.05, 4.69) is 22.4 Å². The van der Waals surface area contributed by atoms with E-state index in [0.29, 0.717) is 5.02 Å². The van der Waals surface area contributed by atoms with Crippen molar-refractivity contribution in [2.45, 2.75) is 25.9 Å². The lowest BCUT2D eigenvalue weighted by molar-refractivity contribution is 0.524. The first kappa shape index (κ1) is 12.5. The highest BCUT2D eigenvalue weighted by Gasteiger charge is 2.22. The maximum absolute atomic E-state index is 6.18. The lowest BCUT2D eigenvalue weighted by Crippen LogP contribution is -2.30. The lowest BCUT2D eigenvalue weighted by atomic mass is 10.2. The third-order valence-electron chi connectivity index (χ3n) is 2.44. The van der Waals surface area contributed by atoms with Crippen LogP contribution in [0.5, 0.6) is 0 Å². The number of hydrogen-bond acceptors (Lipinski definition) is 5. The van der Waals surface area contributed by atoms with Crippen LogP contribution < -0.4 is 11.3 Å². The molecule has 0 saturated carbocycles. The molecular formula is C10H14ClN5S. The van der Waals surface area contributed by atoms with Crippen molar-refractivity contribution in [1.29, 1.82) is 0 Å². The molecule has 1 atom stereocenters. The quantitative estimate of drug-likeness (QED) is 0.644. The molecule has 0 aliphatic carbocycles. The van der Waals surface area contributed by atoms with Gasteiger partial charge in [0.2, 0.25) is 0 Å². The predicted octanol–water partition coefficient (Wildman–Crippen LogP) is 1.96. The highest BCUT2D eigenvalue weighted by Crippen LogP contribution is 2.29. The van der Waals surface area contributed by atoms with Crippen molar-refractivity contribution in [1.82, 2.24) is 20.2 Å². The largest absolute Gasteiger partial charge is 0.270 e. The number of nitrogens with zero attached hydrogens (tertiary/aromatic N) is 3. The minimum absolute atomic E-state index is 0.163. The van der Waals surface area contributed by atoms with Crippen LogP contribution in [0.25, 0.3) is 0 Å². The second-order valence-electron chi connectivity index (χ2n) is 3.60. The SMILES string of the molecule is CCCn1ncc(Cl)c1C(NN)c1cncs1. The van der Waals surface area contributed by atoms with Gasteiger partial charge in [0.1, 0.15) is 6.04 Å². The van der Waals surface area contributed by atoms with Crippen LogP contribution in [0.2, 0.25) is 5.02 Å². The maximum atomic E-state index is 6.18. The molecule has 0 aliphatic heterocycles. The summed E-state index contributed by atoms with van der Waals surface area (Å²) in [4.78, 5) is 5.08. The Bertz CT molecular complexity index is 467. The first-order valence-corrected chi connectivity index (χ1v) is 6.59. The van der Waals surface area contributed by atoms with E-state index in [4.69, 9.17) is 17.4 Å². The molecule has 2 heterocycles. The molecule has 1 unspecified atom stereocenters. The fourth-order valence-electron chi connectivity index (χ4n) is 1.71. The fourth-order valence-corrected chi connectivity index (χ4v) is 2.64. The number of halogens is 1. The summed E-state index contributed by atoms with van der Waals surface area (Å²) < 4.78 is 1.88. The molecule has 17 heavy (non-hydrogen) atoms. The van der Waals surface area contributed by atoms with Gasteiger partial charge in [-0.05, 0) is 6.42 Å². The van der Waals surface area contributed by atoms with E-state index in [1.54, 1.807) is 17.9 Å². The van der Waals surface area contributed by atoms with E-state index in [1.165, 1.54) is 11.3 Å². The molecule has 0 bridgehead atoms. The first-order chi connectivity index (χ1) is 8.27. The molecule has 0 spiro atoms. The zero-order valence-corrected chi connectivity index (χ0v) is 11.0. The fraction of sp³-hybridized carbons (Fsp3) is 0.400. The molecule has 0 saturated heterocycles. The van der Waals surface area contributed by atoms with E-state index in [1.807, 2.05) is 4.68 Å². The van der Waals surface area contributed by atoms with Crippen molar-refractivity contribution in [2.75, 3.05) is 0 Å². The summed E-state index contributed by atoms with van der Waals surface area (Å²) in [5, 5.41) is 4.88. The van der Waals surface area contributed by atoms with Crippen LogP contribution in [-0.2, 0) is 6.54 Å². The van der Waals surface area contributed by atoms with Crippen LogP contribution in [0, 0.1) is 0 Å². The van der Waals surface area contributed by atoms with Gasteiger partial charge < -0.3 is 0 Å². The molecule has 3 N–H and O–H groups in total. The average molecular weight is 272 g/mol. The summed E-state index contributed by atoms with van der Waals surface area (Å²) in [5.74, 6) is 5.62. The summed E-state index contributed by atoms with van der Waals surface area (Å²) in [6.07, 6.45) is 4.43. The number of rotatable bonds is 5. The van der Waals surface area contributed by atoms with Crippen LogP contribution >= 0.6 is 22.9 Å². The molecule has 7 heteroatoms. The molecular weight excluding hydrogens is 258 g/mol. The van der Waals surface area contributed by atoms with Gasteiger partial charge in [-0.15, -0.1) is 11.3 Å². The second-order valence-corrected chi connectivity index (χ2v) is 4.93. The van der Waals surface area contributed by atoms with E-state index in [0.717, 1.165) is 23.5 Å². The van der Waals surface area contributed by atoms with Gasteiger partial charge in [0.25, 0.3) is 0 Å². The summed E-state index contributed by atoms with van der Waals surface area (Å²) >= 11 is 7.71. The minimum atomic E-state index is -0.163. The molecule has 2 rings (SSSR count). The number of aromatic nitrogens is 3.